The van der Waals surface area contributed by atoms with Gasteiger partial charge in [0.15, 0.2) is 9.84 Å². The number of hydrogen-bond donors (Lipinski definition) is 0. The van der Waals surface area contributed by atoms with Crippen molar-refractivity contribution in [3.05, 3.63) is 0 Å². The highest BCUT2D eigenvalue weighted by Gasteiger charge is 2.33. The Hall–Kier alpha value is 0.617. The molecule has 0 atom stereocenters. The van der Waals surface area contributed by atoms with Crippen LogP contribution in [0.25, 0.3) is 0 Å². The average Bonchev–Trinajstić information content (AvgIpc) is 2.25. The Kier molecular flexibility index (Phi) is 7.13. The van der Waals surface area contributed by atoms with E-state index in [0.717, 1.165) is 0 Å². The molecular weight excluding hydrogens is 268 g/mol. The van der Waals surface area contributed by atoms with Crippen LogP contribution in [0.3, 0.4) is 0 Å². The summed E-state index contributed by atoms with van der Waals surface area (Å²) in [5.74, 6) is 0. The smallest absolute Gasteiger partial charge is 0.176 e. The summed E-state index contributed by atoms with van der Waals surface area (Å²) in [6, 6.07) is 0. The molecule has 1 rings (SSSR count). The summed E-state index contributed by atoms with van der Waals surface area (Å²) in [5.41, 5.74) is 0. The van der Waals surface area contributed by atoms with E-state index in [1.54, 1.807) is 0 Å². The highest BCUT2D eigenvalue weighted by Crippen LogP contribution is 2.23. The van der Waals surface area contributed by atoms with Gasteiger partial charge < -0.3 is 0 Å². The normalized spacial score (nSPS) is 24.6. The minimum Gasteiger partial charge on any atom is -0.293 e. The zero-order chi connectivity index (χ0) is 11.1. The predicted molar refractivity (Wildman–Crippen MR) is 73.7 cm³/mol. The van der Waals surface area contributed by atoms with Crippen LogP contribution in [0, 0.1) is 0 Å². The fraction of sp³-hybridized carbons (Fsp3) is 1.00. The molecule has 0 spiro atoms. The molecule has 90 valence electrons. The Bertz CT molecular complexity index is 153. The molecule has 0 radical (unpaired) electrons. The lowest BCUT2D eigenvalue weighted by Gasteiger charge is -2.48. The van der Waals surface area contributed by atoms with E-state index in [-0.39, 0.29) is 9.84 Å². The number of hydrogen-bond acceptors (Lipinski definition) is 2. The molecule has 1 saturated heterocycles. The van der Waals surface area contributed by atoms with Gasteiger partial charge in [-0.1, -0.05) is 55.5 Å². The molecule has 4 heteroatoms. The van der Waals surface area contributed by atoms with E-state index in [9.17, 15) is 0 Å². The first kappa shape index (κ1) is 13.7. The first-order chi connectivity index (χ1) is 7.29. The third kappa shape index (κ3) is 4.55. The van der Waals surface area contributed by atoms with E-state index in [0.29, 0.717) is 5.08 Å². The minimum absolute atomic E-state index is 0.0507. The Balaban J connectivity index is 2.01. The van der Waals surface area contributed by atoms with Crippen molar-refractivity contribution >= 4 is 25.8 Å². The summed E-state index contributed by atoms with van der Waals surface area (Å²) >= 11 is 3.78. The lowest BCUT2D eigenvalue weighted by molar-refractivity contribution is 0.170. The molecular formula is C11H25BrN2Si. The molecule has 0 aromatic carbocycles. The minimum atomic E-state index is -0.0507. The van der Waals surface area contributed by atoms with Crippen LogP contribution in [-0.2, 0) is 0 Å². The molecule has 1 aliphatic rings. The lowest BCUT2D eigenvalue weighted by Crippen LogP contribution is -2.63. The highest BCUT2D eigenvalue weighted by molar-refractivity contribution is 9.09. The largest absolute Gasteiger partial charge is 0.293 e. The molecule has 1 heterocycles. The van der Waals surface area contributed by atoms with Gasteiger partial charge in [0, 0.05) is 0 Å². The van der Waals surface area contributed by atoms with Crippen LogP contribution in [0.15, 0.2) is 0 Å². The second kappa shape index (κ2) is 7.82. The van der Waals surface area contributed by atoms with Crippen LogP contribution in [0.5, 0.6) is 0 Å². The summed E-state index contributed by atoms with van der Waals surface area (Å²) in [6.45, 7) is 7.19. The van der Waals surface area contributed by atoms with Crippen LogP contribution in [0.1, 0.15) is 52.4 Å². The number of unbranched alkanes of at least 4 members (excludes halogenated alkanes) is 4. The highest BCUT2D eigenvalue weighted by atomic mass is 79.9. The van der Waals surface area contributed by atoms with Crippen molar-refractivity contribution in [2.75, 3.05) is 13.1 Å². The van der Waals surface area contributed by atoms with Gasteiger partial charge in [-0.2, -0.15) is 0 Å². The average molecular weight is 293 g/mol. The van der Waals surface area contributed by atoms with Crippen LogP contribution in [-0.4, -0.2) is 37.1 Å². The number of halogens is 1. The van der Waals surface area contributed by atoms with Gasteiger partial charge in [0.2, 0.25) is 0 Å². The van der Waals surface area contributed by atoms with Crippen molar-refractivity contribution in [1.82, 2.24) is 9.13 Å². The van der Waals surface area contributed by atoms with Gasteiger partial charge >= 0.3 is 0 Å². The van der Waals surface area contributed by atoms with Gasteiger partial charge in [0.1, 0.15) is 5.08 Å². The van der Waals surface area contributed by atoms with Gasteiger partial charge in [-0.05, 0) is 25.9 Å². The maximum atomic E-state index is 3.78. The van der Waals surface area contributed by atoms with E-state index in [1.165, 1.54) is 51.6 Å². The van der Waals surface area contributed by atoms with E-state index < -0.39 is 0 Å². The Morgan fingerprint density at radius 1 is 0.933 bits per heavy atom. The quantitative estimate of drug-likeness (QED) is 0.294. The van der Waals surface area contributed by atoms with Crippen molar-refractivity contribution in [2.45, 2.75) is 57.4 Å². The van der Waals surface area contributed by atoms with Gasteiger partial charge in [-0.15, -0.1) is 0 Å². The van der Waals surface area contributed by atoms with E-state index in [4.69, 9.17) is 0 Å². The SMILES string of the molecule is CCCCCN1[SiH2]N(CCCCC)C1Br. The second-order valence-corrected chi connectivity index (χ2v) is 7.22. The van der Waals surface area contributed by atoms with Crippen molar-refractivity contribution < 1.29 is 0 Å². The zero-order valence-electron chi connectivity index (χ0n) is 10.2. The summed E-state index contributed by atoms with van der Waals surface area (Å²) in [5, 5.41) is 0.581. The number of alkyl halides is 1. The molecule has 0 aromatic heterocycles. The molecule has 1 aliphatic heterocycles. The van der Waals surface area contributed by atoms with E-state index in [2.05, 4.69) is 38.9 Å². The summed E-state index contributed by atoms with van der Waals surface area (Å²) < 4.78 is 5.31. The molecule has 0 N–H and O–H groups in total. The topological polar surface area (TPSA) is 6.48 Å². The van der Waals surface area contributed by atoms with Crippen LogP contribution in [0.2, 0.25) is 0 Å². The summed E-state index contributed by atoms with van der Waals surface area (Å²) in [6.07, 6.45) is 8.22. The van der Waals surface area contributed by atoms with Crippen molar-refractivity contribution in [1.29, 1.82) is 0 Å². The molecule has 0 unspecified atom stereocenters. The van der Waals surface area contributed by atoms with Crippen molar-refractivity contribution in [2.24, 2.45) is 0 Å². The Morgan fingerprint density at radius 2 is 1.40 bits per heavy atom. The van der Waals surface area contributed by atoms with Gasteiger partial charge in [-0.25, -0.2) is 0 Å². The zero-order valence-corrected chi connectivity index (χ0v) is 13.2. The third-order valence-electron chi connectivity index (χ3n) is 3.06. The molecule has 15 heavy (non-hydrogen) atoms. The Labute approximate surface area is 106 Å². The monoisotopic (exact) mass is 292 g/mol. The standard InChI is InChI=1S/C11H25BrN2Si/c1-3-5-7-9-13-11(12)14(15-13)10-8-6-4-2/h11H,3-10,15H2,1-2H3. The number of rotatable bonds is 8. The molecule has 2 nitrogen and oxygen atoms in total. The van der Waals surface area contributed by atoms with Crippen LogP contribution >= 0.6 is 15.9 Å². The van der Waals surface area contributed by atoms with Gasteiger partial charge in [-0.3, -0.25) is 9.13 Å². The number of nitrogens with zero attached hydrogens (tertiary/aromatic N) is 2. The molecule has 0 aromatic rings. The Morgan fingerprint density at radius 3 is 1.73 bits per heavy atom. The molecule has 1 fully saturated rings. The molecule has 0 saturated carbocycles. The van der Waals surface area contributed by atoms with Crippen LogP contribution in [0.4, 0.5) is 0 Å². The second-order valence-electron chi connectivity index (χ2n) is 4.49. The molecule has 0 amide bonds. The van der Waals surface area contributed by atoms with E-state index in [1.807, 2.05) is 0 Å². The van der Waals surface area contributed by atoms with Crippen molar-refractivity contribution in [3.8, 4) is 0 Å². The first-order valence-electron chi connectivity index (χ1n) is 6.41. The summed E-state index contributed by atoms with van der Waals surface area (Å²) in [7, 11) is -0.0507. The lowest BCUT2D eigenvalue weighted by atomic mass is 10.2. The van der Waals surface area contributed by atoms with E-state index >= 15 is 0 Å². The molecule has 0 aliphatic carbocycles. The van der Waals surface area contributed by atoms with Crippen LogP contribution < -0.4 is 0 Å². The predicted octanol–water partition coefficient (Wildman–Crippen LogP) is 2.66. The fourth-order valence-electron chi connectivity index (χ4n) is 1.99. The summed E-state index contributed by atoms with van der Waals surface area (Å²) in [4.78, 5) is 0. The van der Waals surface area contributed by atoms with Gasteiger partial charge in [0.05, 0.1) is 0 Å². The maximum absolute atomic E-state index is 3.78. The fourth-order valence-corrected chi connectivity index (χ4v) is 4.79. The third-order valence-corrected chi connectivity index (χ3v) is 7.34. The first-order valence-corrected chi connectivity index (χ1v) is 8.59. The molecule has 0 bridgehead atoms. The van der Waals surface area contributed by atoms with Gasteiger partial charge in [0.25, 0.3) is 0 Å². The maximum Gasteiger partial charge on any atom is 0.176 e. The van der Waals surface area contributed by atoms with Crippen molar-refractivity contribution in [3.63, 3.8) is 0 Å².